The van der Waals surface area contributed by atoms with Crippen LogP contribution in [-0.2, 0) is 0 Å². The smallest absolute Gasteiger partial charge is 0.0307 e. The minimum Gasteiger partial charge on any atom is -0.329 e. The van der Waals surface area contributed by atoms with Gasteiger partial charge in [-0.2, -0.15) is 0 Å². The summed E-state index contributed by atoms with van der Waals surface area (Å²) in [6.45, 7) is 5.93. The van der Waals surface area contributed by atoms with Crippen molar-refractivity contribution in [1.82, 2.24) is 5.32 Å². The summed E-state index contributed by atoms with van der Waals surface area (Å²) in [5, 5.41) is 3.66. The second-order valence-corrected chi connectivity index (χ2v) is 4.96. The second kappa shape index (κ2) is 6.93. The first kappa shape index (κ1) is 13.5. The lowest BCUT2D eigenvalue weighted by molar-refractivity contribution is 0.182. The van der Waals surface area contributed by atoms with E-state index in [1.165, 1.54) is 32.1 Å². The third kappa shape index (κ3) is 3.81. The molecule has 0 saturated heterocycles. The molecule has 2 unspecified atom stereocenters. The molecule has 16 heavy (non-hydrogen) atoms. The highest BCUT2D eigenvalue weighted by atomic mass is 15.0. The van der Waals surface area contributed by atoms with Crippen LogP contribution in [0.4, 0.5) is 0 Å². The zero-order valence-electron chi connectivity index (χ0n) is 10.8. The van der Waals surface area contributed by atoms with Crippen LogP contribution >= 0.6 is 0 Å². The molecule has 92 valence electrons. The summed E-state index contributed by atoms with van der Waals surface area (Å²) in [7, 11) is 0. The Morgan fingerprint density at radius 3 is 2.94 bits per heavy atom. The van der Waals surface area contributed by atoms with Crippen LogP contribution in [0.5, 0.6) is 0 Å². The Morgan fingerprint density at radius 2 is 2.31 bits per heavy atom. The molecule has 0 radical (unpaired) electrons. The first-order chi connectivity index (χ1) is 7.76. The summed E-state index contributed by atoms with van der Waals surface area (Å²) in [6.07, 6.45) is 7.42. The number of hydrogen-bond donors (Lipinski definition) is 2. The Morgan fingerprint density at radius 1 is 1.50 bits per heavy atom. The van der Waals surface area contributed by atoms with Crippen LogP contribution in [-0.4, -0.2) is 18.6 Å². The molecular weight excluding hydrogens is 196 g/mol. The lowest BCUT2D eigenvalue weighted by atomic mass is 9.74. The Hall–Kier alpha value is -0.520. The molecule has 0 bridgehead atoms. The molecule has 1 fully saturated rings. The molecule has 0 spiro atoms. The predicted octanol–water partition coefficient (Wildman–Crippen LogP) is 2.29. The van der Waals surface area contributed by atoms with E-state index in [2.05, 4.69) is 24.1 Å². The third-order valence-corrected chi connectivity index (χ3v) is 3.84. The molecule has 0 aromatic heterocycles. The molecule has 0 aliphatic heterocycles. The van der Waals surface area contributed by atoms with Crippen molar-refractivity contribution in [3.8, 4) is 11.8 Å². The van der Waals surface area contributed by atoms with Crippen molar-refractivity contribution in [2.24, 2.45) is 11.7 Å². The Balaban J connectivity index is 2.44. The molecule has 3 N–H and O–H groups in total. The highest BCUT2D eigenvalue weighted by Crippen LogP contribution is 2.33. The second-order valence-electron chi connectivity index (χ2n) is 4.96. The van der Waals surface area contributed by atoms with Gasteiger partial charge in [-0.15, -0.1) is 11.8 Å². The lowest BCUT2D eigenvalue weighted by Crippen LogP contribution is -2.54. The molecular formula is C14H26N2. The van der Waals surface area contributed by atoms with Gasteiger partial charge in [0, 0.05) is 25.0 Å². The van der Waals surface area contributed by atoms with E-state index in [-0.39, 0.29) is 5.54 Å². The standard InChI is InChI=1S/C14H26N2/c1-3-5-6-10-16-14(12-15)9-7-8-13(4-2)11-14/h13,16H,4,6-12,15H2,1-2H3. The molecule has 1 aliphatic carbocycles. The maximum Gasteiger partial charge on any atom is 0.0307 e. The molecule has 2 nitrogen and oxygen atoms in total. The topological polar surface area (TPSA) is 38.0 Å². The van der Waals surface area contributed by atoms with Gasteiger partial charge in [-0.25, -0.2) is 0 Å². The van der Waals surface area contributed by atoms with Gasteiger partial charge >= 0.3 is 0 Å². The van der Waals surface area contributed by atoms with E-state index in [0.29, 0.717) is 0 Å². The SMILES string of the molecule is CC#CCCNC1(CN)CCCC(CC)C1. The van der Waals surface area contributed by atoms with Gasteiger partial charge in [-0.3, -0.25) is 0 Å². The molecule has 0 aromatic carbocycles. The van der Waals surface area contributed by atoms with Crippen LogP contribution in [0.15, 0.2) is 0 Å². The summed E-state index contributed by atoms with van der Waals surface area (Å²) < 4.78 is 0. The molecule has 0 heterocycles. The van der Waals surface area contributed by atoms with E-state index >= 15 is 0 Å². The first-order valence-electron chi connectivity index (χ1n) is 6.61. The van der Waals surface area contributed by atoms with Crippen molar-refractivity contribution in [3.05, 3.63) is 0 Å². The maximum absolute atomic E-state index is 5.97. The van der Waals surface area contributed by atoms with Gasteiger partial charge in [0.05, 0.1) is 0 Å². The molecule has 2 heteroatoms. The van der Waals surface area contributed by atoms with Crippen molar-refractivity contribution >= 4 is 0 Å². The van der Waals surface area contributed by atoms with E-state index < -0.39 is 0 Å². The summed E-state index contributed by atoms with van der Waals surface area (Å²) in [5.74, 6) is 6.90. The molecule has 0 aromatic rings. The summed E-state index contributed by atoms with van der Waals surface area (Å²) in [4.78, 5) is 0. The minimum absolute atomic E-state index is 0.203. The van der Waals surface area contributed by atoms with E-state index in [9.17, 15) is 0 Å². The van der Waals surface area contributed by atoms with Crippen molar-refractivity contribution in [3.63, 3.8) is 0 Å². The van der Waals surface area contributed by atoms with Crippen LogP contribution < -0.4 is 11.1 Å². The van der Waals surface area contributed by atoms with E-state index in [1.807, 2.05) is 6.92 Å². The average molecular weight is 222 g/mol. The summed E-state index contributed by atoms with van der Waals surface area (Å²) in [5.41, 5.74) is 6.17. The van der Waals surface area contributed by atoms with E-state index in [0.717, 1.165) is 25.4 Å². The van der Waals surface area contributed by atoms with Crippen LogP contribution in [0.3, 0.4) is 0 Å². The Kier molecular flexibility index (Phi) is 5.87. The van der Waals surface area contributed by atoms with Gasteiger partial charge in [0.1, 0.15) is 0 Å². The zero-order chi connectivity index (χ0) is 11.9. The van der Waals surface area contributed by atoms with Gasteiger partial charge in [0.25, 0.3) is 0 Å². The van der Waals surface area contributed by atoms with E-state index in [1.54, 1.807) is 0 Å². The third-order valence-electron chi connectivity index (χ3n) is 3.84. The van der Waals surface area contributed by atoms with Crippen molar-refractivity contribution < 1.29 is 0 Å². The minimum atomic E-state index is 0.203. The highest BCUT2D eigenvalue weighted by molar-refractivity contribution is 4.98. The molecule has 0 amide bonds. The van der Waals surface area contributed by atoms with Gasteiger partial charge in [0.15, 0.2) is 0 Å². The van der Waals surface area contributed by atoms with Crippen LogP contribution in [0.1, 0.15) is 52.4 Å². The fourth-order valence-electron chi connectivity index (χ4n) is 2.77. The average Bonchev–Trinajstić information content (AvgIpc) is 2.35. The van der Waals surface area contributed by atoms with Crippen LogP contribution in [0.25, 0.3) is 0 Å². The fourth-order valence-corrected chi connectivity index (χ4v) is 2.77. The van der Waals surface area contributed by atoms with Crippen molar-refractivity contribution in [2.45, 2.75) is 57.9 Å². The fraction of sp³-hybridized carbons (Fsp3) is 0.857. The molecule has 1 saturated carbocycles. The summed E-state index contributed by atoms with van der Waals surface area (Å²) in [6, 6.07) is 0. The normalized spacial score (nSPS) is 29.6. The largest absolute Gasteiger partial charge is 0.329 e. The molecule has 1 rings (SSSR count). The van der Waals surface area contributed by atoms with E-state index in [4.69, 9.17) is 5.73 Å². The van der Waals surface area contributed by atoms with Gasteiger partial charge in [-0.1, -0.05) is 26.2 Å². The Labute approximate surface area is 100 Å². The lowest BCUT2D eigenvalue weighted by Gasteiger charge is -2.41. The zero-order valence-corrected chi connectivity index (χ0v) is 10.8. The predicted molar refractivity (Wildman–Crippen MR) is 70.1 cm³/mol. The molecule has 1 aliphatic rings. The van der Waals surface area contributed by atoms with Crippen molar-refractivity contribution in [1.29, 1.82) is 0 Å². The number of hydrogen-bond acceptors (Lipinski definition) is 2. The maximum atomic E-state index is 5.97. The monoisotopic (exact) mass is 222 g/mol. The van der Waals surface area contributed by atoms with Gasteiger partial charge in [0.2, 0.25) is 0 Å². The van der Waals surface area contributed by atoms with Crippen molar-refractivity contribution in [2.75, 3.05) is 13.1 Å². The quantitative estimate of drug-likeness (QED) is 0.553. The number of nitrogens with one attached hydrogen (secondary N) is 1. The first-order valence-corrected chi connectivity index (χ1v) is 6.61. The Bertz CT molecular complexity index is 251. The molecule has 2 atom stereocenters. The number of rotatable bonds is 5. The summed E-state index contributed by atoms with van der Waals surface area (Å²) >= 11 is 0. The van der Waals surface area contributed by atoms with Crippen LogP contribution in [0, 0.1) is 17.8 Å². The highest BCUT2D eigenvalue weighted by Gasteiger charge is 2.33. The van der Waals surface area contributed by atoms with Gasteiger partial charge < -0.3 is 11.1 Å². The van der Waals surface area contributed by atoms with Gasteiger partial charge in [-0.05, 0) is 25.7 Å². The number of nitrogens with two attached hydrogens (primary N) is 1. The van der Waals surface area contributed by atoms with Crippen LogP contribution in [0.2, 0.25) is 0 Å².